The number of piperidine rings is 1. The average molecular weight is 281 g/mol. The maximum Gasteiger partial charge on any atom is 0.288 e. The third-order valence-electron chi connectivity index (χ3n) is 3.80. The Kier molecular flexibility index (Phi) is 4.70. The summed E-state index contributed by atoms with van der Waals surface area (Å²) < 4.78 is 6.11. The van der Waals surface area contributed by atoms with E-state index in [-0.39, 0.29) is 18.5 Å². The summed E-state index contributed by atoms with van der Waals surface area (Å²) >= 11 is 0. The third-order valence-corrected chi connectivity index (χ3v) is 3.80. The number of benzene rings is 1. The summed E-state index contributed by atoms with van der Waals surface area (Å²) in [5.74, 6) is 0. The number of amidine groups is 1. The van der Waals surface area contributed by atoms with Gasteiger partial charge in [0.1, 0.15) is 6.10 Å². The van der Waals surface area contributed by atoms with Crippen LogP contribution in [0.3, 0.4) is 0 Å². The van der Waals surface area contributed by atoms with Gasteiger partial charge >= 0.3 is 0 Å². The number of ether oxygens (including phenoxy) is 1. The van der Waals surface area contributed by atoms with Gasteiger partial charge in [-0.1, -0.05) is 30.3 Å². The van der Waals surface area contributed by atoms with Crippen molar-refractivity contribution >= 4 is 18.4 Å². The fourth-order valence-electron chi connectivity index (χ4n) is 2.97. The van der Waals surface area contributed by atoms with E-state index >= 15 is 0 Å². The first-order chi connectivity index (χ1) is 8.90. The maximum atomic E-state index is 6.11. The lowest BCUT2D eigenvalue weighted by molar-refractivity contribution is 0.168. The molecule has 0 saturated carbocycles. The minimum absolute atomic E-state index is 0. The summed E-state index contributed by atoms with van der Waals surface area (Å²) in [5, 5.41) is 0. The van der Waals surface area contributed by atoms with Gasteiger partial charge in [0.05, 0.1) is 6.04 Å². The fourth-order valence-corrected chi connectivity index (χ4v) is 2.97. The van der Waals surface area contributed by atoms with Crippen molar-refractivity contribution in [3.05, 3.63) is 35.9 Å². The molecule has 0 spiro atoms. The van der Waals surface area contributed by atoms with E-state index in [1.807, 2.05) is 0 Å². The lowest BCUT2D eigenvalue weighted by atomic mass is 9.94. The molecule has 3 nitrogen and oxygen atoms in total. The van der Waals surface area contributed by atoms with Crippen LogP contribution in [0.1, 0.15) is 37.9 Å². The van der Waals surface area contributed by atoms with E-state index in [2.05, 4.69) is 47.1 Å². The highest BCUT2D eigenvalue weighted by atomic mass is 35.5. The molecule has 0 radical (unpaired) electrons. The predicted molar refractivity (Wildman–Crippen MR) is 79.8 cm³/mol. The number of fused-ring (bicyclic) bond motifs is 1. The number of rotatable bonds is 2. The van der Waals surface area contributed by atoms with Gasteiger partial charge in [0.2, 0.25) is 0 Å². The monoisotopic (exact) mass is 280 g/mol. The van der Waals surface area contributed by atoms with Gasteiger partial charge in [0, 0.05) is 13.1 Å². The molecule has 1 aromatic rings. The van der Waals surface area contributed by atoms with Crippen LogP contribution < -0.4 is 0 Å². The van der Waals surface area contributed by atoms with E-state index in [9.17, 15) is 0 Å². The van der Waals surface area contributed by atoms with Gasteiger partial charge in [0.15, 0.2) is 0 Å². The smallest absolute Gasteiger partial charge is 0.288 e. The second-order valence-electron chi connectivity index (χ2n) is 4.96. The Morgan fingerprint density at radius 1 is 1.26 bits per heavy atom. The van der Waals surface area contributed by atoms with E-state index in [1.54, 1.807) is 0 Å². The number of nitrogens with zero attached hydrogens (tertiary/aromatic N) is 2. The molecule has 1 aromatic carbocycles. The van der Waals surface area contributed by atoms with Gasteiger partial charge < -0.3 is 9.64 Å². The Balaban J connectivity index is 0.00000133. The molecular weight excluding hydrogens is 260 g/mol. The molecule has 2 aliphatic heterocycles. The normalized spacial score (nSPS) is 27.6. The van der Waals surface area contributed by atoms with Crippen molar-refractivity contribution in [2.24, 2.45) is 4.99 Å². The topological polar surface area (TPSA) is 24.8 Å². The molecule has 0 aromatic heterocycles. The molecule has 2 heterocycles. The Bertz CT molecular complexity index is 435. The summed E-state index contributed by atoms with van der Waals surface area (Å²) in [4.78, 5) is 6.87. The highest BCUT2D eigenvalue weighted by molar-refractivity contribution is 5.85. The molecule has 19 heavy (non-hydrogen) atoms. The minimum atomic E-state index is 0. The van der Waals surface area contributed by atoms with E-state index in [0.717, 1.165) is 19.1 Å². The lowest BCUT2D eigenvalue weighted by Gasteiger charge is -2.30. The van der Waals surface area contributed by atoms with E-state index < -0.39 is 0 Å². The van der Waals surface area contributed by atoms with Crippen molar-refractivity contribution in [3.8, 4) is 0 Å². The molecule has 2 saturated heterocycles. The van der Waals surface area contributed by atoms with Crippen molar-refractivity contribution in [2.75, 3.05) is 13.1 Å². The van der Waals surface area contributed by atoms with Crippen LogP contribution in [0.15, 0.2) is 35.3 Å². The quantitative estimate of drug-likeness (QED) is 0.829. The van der Waals surface area contributed by atoms with Crippen molar-refractivity contribution < 1.29 is 4.74 Å². The molecule has 2 unspecified atom stereocenters. The minimum Gasteiger partial charge on any atom is -0.455 e. The first kappa shape index (κ1) is 14.2. The van der Waals surface area contributed by atoms with Crippen LogP contribution in [-0.4, -0.2) is 30.1 Å². The van der Waals surface area contributed by atoms with Crippen LogP contribution in [0.5, 0.6) is 0 Å². The molecule has 3 rings (SSSR count). The van der Waals surface area contributed by atoms with E-state index in [4.69, 9.17) is 4.74 Å². The molecule has 2 fully saturated rings. The summed E-state index contributed by atoms with van der Waals surface area (Å²) in [6.45, 7) is 3.94. The number of hydrogen-bond donors (Lipinski definition) is 0. The van der Waals surface area contributed by atoms with Crippen LogP contribution in [-0.2, 0) is 4.74 Å². The van der Waals surface area contributed by atoms with Crippen LogP contribution in [0.4, 0.5) is 0 Å². The maximum absolute atomic E-state index is 6.11. The lowest BCUT2D eigenvalue weighted by Crippen LogP contribution is -2.39. The molecule has 0 bridgehead atoms. The standard InChI is InChI=1S/C15H20N2O.ClH/c1-2-16-15-17-11-7-6-10-13(17)14(18-15)12-8-4-3-5-9-12;/h3-5,8-9,13-14H,2,6-7,10-11H2,1H3;1H. The second-order valence-corrected chi connectivity index (χ2v) is 4.96. The van der Waals surface area contributed by atoms with Gasteiger partial charge in [-0.05, 0) is 31.7 Å². The zero-order valence-corrected chi connectivity index (χ0v) is 12.1. The fraction of sp³-hybridized carbons (Fsp3) is 0.533. The highest BCUT2D eigenvalue weighted by Crippen LogP contribution is 2.37. The first-order valence-electron chi connectivity index (χ1n) is 6.93. The van der Waals surface area contributed by atoms with Crippen LogP contribution in [0.2, 0.25) is 0 Å². The van der Waals surface area contributed by atoms with Gasteiger partial charge in [-0.15, -0.1) is 12.4 Å². The highest BCUT2D eigenvalue weighted by Gasteiger charge is 2.41. The van der Waals surface area contributed by atoms with Crippen molar-refractivity contribution in [2.45, 2.75) is 38.3 Å². The molecule has 2 aliphatic rings. The zero-order valence-electron chi connectivity index (χ0n) is 11.3. The molecule has 4 heteroatoms. The summed E-state index contributed by atoms with van der Waals surface area (Å²) in [5.41, 5.74) is 1.27. The van der Waals surface area contributed by atoms with E-state index in [0.29, 0.717) is 6.04 Å². The van der Waals surface area contributed by atoms with Gasteiger partial charge in [0.25, 0.3) is 6.02 Å². The van der Waals surface area contributed by atoms with Crippen molar-refractivity contribution in [1.29, 1.82) is 0 Å². The third kappa shape index (κ3) is 2.71. The van der Waals surface area contributed by atoms with E-state index in [1.165, 1.54) is 24.8 Å². The van der Waals surface area contributed by atoms with Crippen LogP contribution >= 0.6 is 12.4 Å². The number of hydrogen-bond acceptors (Lipinski definition) is 2. The Hall–Kier alpha value is -1.22. The molecular formula is C15H21ClN2O. The van der Waals surface area contributed by atoms with Gasteiger partial charge in [-0.2, -0.15) is 0 Å². The SMILES string of the molecule is CCN=C1OC(c2ccccc2)C2CCCCN12.Cl. The largest absolute Gasteiger partial charge is 0.455 e. The molecule has 0 amide bonds. The molecule has 0 N–H and O–H groups in total. The van der Waals surface area contributed by atoms with Gasteiger partial charge in [-0.25, -0.2) is 4.99 Å². The first-order valence-corrected chi connectivity index (χ1v) is 6.93. The number of aliphatic imine (C=N–C) groups is 1. The Labute approximate surface area is 121 Å². The molecule has 0 aliphatic carbocycles. The zero-order chi connectivity index (χ0) is 12.4. The second kappa shape index (κ2) is 6.29. The van der Waals surface area contributed by atoms with Crippen molar-refractivity contribution in [3.63, 3.8) is 0 Å². The average Bonchev–Trinajstić information content (AvgIpc) is 2.80. The van der Waals surface area contributed by atoms with Crippen molar-refractivity contribution in [1.82, 2.24) is 4.90 Å². The summed E-state index contributed by atoms with van der Waals surface area (Å²) in [6, 6.07) is 11.9. The predicted octanol–water partition coefficient (Wildman–Crippen LogP) is 3.41. The summed E-state index contributed by atoms with van der Waals surface area (Å²) in [7, 11) is 0. The molecule has 2 atom stereocenters. The Morgan fingerprint density at radius 2 is 2.05 bits per heavy atom. The number of halogens is 1. The Morgan fingerprint density at radius 3 is 2.79 bits per heavy atom. The molecule has 104 valence electrons. The van der Waals surface area contributed by atoms with Crippen LogP contribution in [0.25, 0.3) is 0 Å². The summed E-state index contributed by atoms with van der Waals surface area (Å²) in [6.07, 6.45) is 3.93. The van der Waals surface area contributed by atoms with Gasteiger partial charge in [-0.3, -0.25) is 0 Å². The van der Waals surface area contributed by atoms with Crippen LogP contribution in [0, 0.1) is 0 Å².